The van der Waals surface area contributed by atoms with Crippen LogP contribution < -0.4 is 11.3 Å². The molecule has 0 unspecified atom stereocenters. The number of rotatable bonds is 4. The van der Waals surface area contributed by atoms with Gasteiger partial charge in [0.15, 0.2) is 0 Å². The van der Waals surface area contributed by atoms with Crippen molar-refractivity contribution in [3.05, 3.63) is 58.0 Å². The third-order valence-electron chi connectivity index (χ3n) is 3.66. The van der Waals surface area contributed by atoms with E-state index in [0.29, 0.717) is 6.42 Å². The van der Waals surface area contributed by atoms with Crippen LogP contribution in [0.15, 0.2) is 41.3 Å². The Labute approximate surface area is 129 Å². The summed E-state index contributed by atoms with van der Waals surface area (Å²) in [6, 6.07) is 8.76. The van der Waals surface area contributed by atoms with Crippen molar-refractivity contribution >= 4 is 5.97 Å². The van der Waals surface area contributed by atoms with Crippen molar-refractivity contribution in [1.82, 2.24) is 4.57 Å². The highest BCUT2D eigenvalue weighted by atomic mass is 16.5. The van der Waals surface area contributed by atoms with Gasteiger partial charge in [-0.3, -0.25) is 9.59 Å². The summed E-state index contributed by atoms with van der Waals surface area (Å²) in [5.74, 6) is -0.419. The van der Waals surface area contributed by atoms with E-state index in [-0.39, 0.29) is 5.56 Å². The van der Waals surface area contributed by atoms with Gasteiger partial charge in [0.05, 0.1) is 7.11 Å². The summed E-state index contributed by atoms with van der Waals surface area (Å²) < 4.78 is 6.18. The molecule has 5 heteroatoms. The zero-order valence-electron chi connectivity index (χ0n) is 13.0. The lowest BCUT2D eigenvalue weighted by Crippen LogP contribution is -2.33. The normalized spacial score (nSPS) is 12.0. The average Bonchev–Trinajstić information content (AvgIpc) is 2.51. The Morgan fingerprint density at radius 3 is 2.55 bits per heavy atom. The molecule has 2 N–H and O–H groups in total. The number of carbonyl (C=O) groups is 1. The van der Waals surface area contributed by atoms with E-state index in [2.05, 4.69) is 4.74 Å². The number of hydrogen-bond donors (Lipinski definition) is 1. The summed E-state index contributed by atoms with van der Waals surface area (Å²) in [5.41, 5.74) is 9.65. The molecule has 1 aromatic carbocycles. The molecule has 0 aliphatic heterocycles. The number of nitrogens with two attached hydrogens (primary N) is 1. The number of pyridine rings is 1. The number of methoxy groups -OCH3 is 1. The van der Waals surface area contributed by atoms with Gasteiger partial charge in [0.1, 0.15) is 6.04 Å². The van der Waals surface area contributed by atoms with Crippen LogP contribution in [0.3, 0.4) is 0 Å². The lowest BCUT2D eigenvalue weighted by Gasteiger charge is -2.11. The molecule has 0 bridgehead atoms. The molecule has 0 fully saturated rings. The first-order valence-corrected chi connectivity index (χ1v) is 7.02. The van der Waals surface area contributed by atoms with Crippen molar-refractivity contribution in [1.29, 1.82) is 0 Å². The Hall–Kier alpha value is -2.40. The third kappa shape index (κ3) is 3.43. The molecule has 0 amide bonds. The Balaban J connectivity index is 2.24. The Bertz CT molecular complexity index is 733. The maximum absolute atomic E-state index is 11.6. The summed E-state index contributed by atoms with van der Waals surface area (Å²) in [6.07, 6.45) is 2.26. The fourth-order valence-corrected chi connectivity index (χ4v) is 2.34. The predicted octanol–water partition coefficient (Wildman–Crippen LogP) is 1.40. The summed E-state index contributed by atoms with van der Waals surface area (Å²) in [4.78, 5) is 22.9. The molecular formula is C17H20N2O3. The van der Waals surface area contributed by atoms with Crippen molar-refractivity contribution in [3.8, 4) is 11.1 Å². The molecule has 22 heavy (non-hydrogen) atoms. The summed E-state index contributed by atoms with van der Waals surface area (Å²) in [6.45, 7) is 1.91. The standard InChI is InChI=1S/C17H20N2O3/c1-11-8-16(20)19(2)10-14(11)13-6-4-12(5-7-13)9-15(18)17(21)22-3/h4-8,10,15H,9,18H2,1-3H3/t15-/m0/s1. The van der Waals surface area contributed by atoms with E-state index >= 15 is 0 Å². The van der Waals surface area contributed by atoms with Crippen LogP contribution in [0.5, 0.6) is 0 Å². The van der Waals surface area contributed by atoms with Crippen molar-refractivity contribution in [3.63, 3.8) is 0 Å². The first kappa shape index (κ1) is 16.0. The second-order valence-corrected chi connectivity index (χ2v) is 5.35. The summed E-state index contributed by atoms with van der Waals surface area (Å²) >= 11 is 0. The van der Waals surface area contributed by atoms with Crippen molar-refractivity contribution < 1.29 is 9.53 Å². The minimum Gasteiger partial charge on any atom is -0.468 e. The number of nitrogens with zero attached hydrogens (tertiary/aromatic N) is 1. The number of ether oxygens (including phenoxy) is 1. The van der Waals surface area contributed by atoms with Crippen LogP contribution >= 0.6 is 0 Å². The molecule has 1 atom stereocenters. The molecule has 5 nitrogen and oxygen atoms in total. The average molecular weight is 300 g/mol. The zero-order valence-corrected chi connectivity index (χ0v) is 13.0. The van der Waals surface area contributed by atoms with Gasteiger partial charge in [-0.25, -0.2) is 0 Å². The number of esters is 1. The Kier molecular flexibility index (Phi) is 4.78. The third-order valence-corrected chi connectivity index (χ3v) is 3.66. The molecular weight excluding hydrogens is 280 g/mol. The lowest BCUT2D eigenvalue weighted by molar-refractivity contribution is -0.142. The second kappa shape index (κ2) is 6.58. The van der Waals surface area contributed by atoms with Crippen LogP contribution in [0.25, 0.3) is 11.1 Å². The first-order chi connectivity index (χ1) is 10.4. The van der Waals surface area contributed by atoms with E-state index in [1.807, 2.05) is 37.4 Å². The molecule has 116 valence electrons. The van der Waals surface area contributed by atoms with Crippen LogP contribution in [0.4, 0.5) is 0 Å². The van der Waals surface area contributed by atoms with Crippen LogP contribution in [-0.2, 0) is 23.0 Å². The smallest absolute Gasteiger partial charge is 0.322 e. The quantitative estimate of drug-likeness (QED) is 0.866. The van der Waals surface area contributed by atoms with Gasteiger partial charge < -0.3 is 15.0 Å². The van der Waals surface area contributed by atoms with Gasteiger partial charge >= 0.3 is 5.97 Å². The Morgan fingerprint density at radius 2 is 1.95 bits per heavy atom. The van der Waals surface area contributed by atoms with E-state index in [1.165, 1.54) is 7.11 Å². The minimum absolute atomic E-state index is 0.0260. The molecule has 1 aromatic heterocycles. The fourth-order valence-electron chi connectivity index (χ4n) is 2.34. The molecule has 1 heterocycles. The van der Waals surface area contributed by atoms with Crippen LogP contribution in [0.1, 0.15) is 11.1 Å². The van der Waals surface area contributed by atoms with Gasteiger partial charge in [-0.2, -0.15) is 0 Å². The number of aryl methyl sites for hydroxylation is 2. The molecule has 0 radical (unpaired) electrons. The van der Waals surface area contributed by atoms with E-state index in [4.69, 9.17) is 5.73 Å². The molecule has 2 aromatic rings. The van der Waals surface area contributed by atoms with Crippen molar-refractivity contribution in [2.75, 3.05) is 7.11 Å². The molecule has 0 spiro atoms. The minimum atomic E-state index is -0.657. The number of hydrogen-bond acceptors (Lipinski definition) is 4. The van der Waals surface area contributed by atoms with Crippen LogP contribution in [-0.4, -0.2) is 23.7 Å². The summed E-state index contributed by atoms with van der Waals surface area (Å²) in [5, 5.41) is 0. The molecule has 0 aliphatic carbocycles. The topological polar surface area (TPSA) is 74.3 Å². The molecule has 0 aliphatic rings. The highest BCUT2D eigenvalue weighted by Crippen LogP contribution is 2.22. The van der Waals surface area contributed by atoms with Gasteiger partial charge in [0, 0.05) is 24.9 Å². The SMILES string of the molecule is COC(=O)[C@@H](N)Cc1ccc(-c2cn(C)c(=O)cc2C)cc1. The van der Waals surface area contributed by atoms with Gasteiger partial charge in [-0.05, 0) is 30.0 Å². The first-order valence-electron chi connectivity index (χ1n) is 7.02. The number of aromatic nitrogens is 1. The number of carbonyl (C=O) groups excluding carboxylic acids is 1. The zero-order chi connectivity index (χ0) is 16.3. The van der Waals surface area contributed by atoms with E-state index in [9.17, 15) is 9.59 Å². The van der Waals surface area contributed by atoms with Gasteiger partial charge in [-0.15, -0.1) is 0 Å². The van der Waals surface area contributed by atoms with Crippen LogP contribution in [0.2, 0.25) is 0 Å². The summed E-state index contributed by atoms with van der Waals surface area (Å²) in [7, 11) is 3.06. The van der Waals surface area contributed by atoms with Crippen molar-refractivity contribution in [2.45, 2.75) is 19.4 Å². The second-order valence-electron chi connectivity index (χ2n) is 5.35. The van der Waals surface area contributed by atoms with Gasteiger partial charge in [-0.1, -0.05) is 24.3 Å². The largest absolute Gasteiger partial charge is 0.468 e. The monoisotopic (exact) mass is 300 g/mol. The predicted molar refractivity (Wildman–Crippen MR) is 85.6 cm³/mol. The van der Waals surface area contributed by atoms with Crippen LogP contribution in [0, 0.1) is 6.92 Å². The maximum atomic E-state index is 11.6. The molecule has 0 saturated carbocycles. The van der Waals surface area contributed by atoms with Gasteiger partial charge in [0.25, 0.3) is 5.56 Å². The highest BCUT2D eigenvalue weighted by molar-refractivity contribution is 5.75. The Morgan fingerprint density at radius 1 is 1.32 bits per heavy atom. The maximum Gasteiger partial charge on any atom is 0.322 e. The van der Waals surface area contributed by atoms with Crippen molar-refractivity contribution in [2.24, 2.45) is 12.8 Å². The molecule has 0 saturated heterocycles. The lowest BCUT2D eigenvalue weighted by atomic mass is 9.99. The van der Waals surface area contributed by atoms with Gasteiger partial charge in [0.2, 0.25) is 0 Å². The van der Waals surface area contributed by atoms with E-state index < -0.39 is 12.0 Å². The fraction of sp³-hybridized carbons (Fsp3) is 0.294. The van der Waals surface area contributed by atoms with E-state index in [0.717, 1.165) is 22.3 Å². The number of benzene rings is 1. The molecule has 2 rings (SSSR count). The highest BCUT2D eigenvalue weighted by Gasteiger charge is 2.14. The van der Waals surface area contributed by atoms with E-state index in [1.54, 1.807) is 17.7 Å².